The minimum absolute atomic E-state index is 0.0336. The van der Waals surface area contributed by atoms with Crippen LogP contribution in [0, 0.1) is 23.7 Å². The third kappa shape index (κ3) is 4.30. The van der Waals surface area contributed by atoms with Crippen LogP contribution in [-0.2, 0) is 9.59 Å². The van der Waals surface area contributed by atoms with Crippen molar-refractivity contribution in [3.63, 3.8) is 0 Å². The zero-order valence-electron chi connectivity index (χ0n) is 17.6. The highest BCUT2D eigenvalue weighted by molar-refractivity contribution is 6.06. The molecule has 2 fully saturated rings. The normalized spacial score (nSPS) is 26.4. The number of guanidine groups is 1. The molecule has 4 atom stereocenters. The average Bonchev–Trinajstić information content (AvgIpc) is 3.46. The minimum Gasteiger partial charge on any atom is -0.357 e. The van der Waals surface area contributed by atoms with Crippen LogP contribution in [0.25, 0.3) is 0 Å². The van der Waals surface area contributed by atoms with Gasteiger partial charge >= 0.3 is 0 Å². The highest BCUT2D eigenvalue weighted by Crippen LogP contribution is 2.52. The first-order valence-electron chi connectivity index (χ1n) is 10.8. The molecule has 1 aromatic heterocycles. The standard InChI is InChI=1S/C22H28N6O3/c1-2-24-22(26-9-8-25-19(29)16-4-3-7-23-13-16)27-10-11-28-20(30)17-14-5-6-15(12-14)18(17)21(28)31/h3-7,13-15,17-18H,2,8-12H2,1H3,(H,25,29)(H2,24,26,27). The van der Waals surface area contributed by atoms with Gasteiger partial charge in [-0.25, -0.2) is 0 Å². The van der Waals surface area contributed by atoms with Gasteiger partial charge in [-0.2, -0.15) is 0 Å². The average molecular weight is 425 g/mol. The fraction of sp³-hybridized carbons (Fsp3) is 0.500. The van der Waals surface area contributed by atoms with E-state index in [0.717, 1.165) is 6.42 Å². The first-order valence-corrected chi connectivity index (χ1v) is 10.8. The number of aliphatic imine (C=N–C) groups is 1. The molecule has 4 unspecified atom stereocenters. The lowest BCUT2D eigenvalue weighted by molar-refractivity contribution is -0.140. The number of rotatable bonds is 8. The van der Waals surface area contributed by atoms with Gasteiger partial charge in [-0.05, 0) is 37.3 Å². The Bertz CT molecular complexity index is 870. The Labute approximate surface area is 181 Å². The molecule has 2 aliphatic carbocycles. The van der Waals surface area contributed by atoms with Crippen LogP contribution in [0.1, 0.15) is 23.7 Å². The van der Waals surface area contributed by atoms with E-state index in [2.05, 4.69) is 38.1 Å². The summed E-state index contributed by atoms with van der Waals surface area (Å²) < 4.78 is 0. The molecular weight excluding hydrogens is 396 g/mol. The van der Waals surface area contributed by atoms with E-state index in [-0.39, 0.29) is 41.4 Å². The summed E-state index contributed by atoms with van der Waals surface area (Å²) >= 11 is 0. The number of likely N-dealkylation sites (tertiary alicyclic amines) is 1. The monoisotopic (exact) mass is 424 g/mol. The van der Waals surface area contributed by atoms with Crippen LogP contribution < -0.4 is 16.0 Å². The van der Waals surface area contributed by atoms with Crippen molar-refractivity contribution >= 4 is 23.7 Å². The second-order valence-corrected chi connectivity index (χ2v) is 8.01. The lowest BCUT2D eigenvalue weighted by Gasteiger charge is -2.18. The third-order valence-electron chi connectivity index (χ3n) is 6.12. The lowest BCUT2D eigenvalue weighted by Crippen LogP contribution is -2.44. The summed E-state index contributed by atoms with van der Waals surface area (Å²) in [6.07, 6.45) is 8.27. The highest BCUT2D eigenvalue weighted by Gasteiger charge is 2.58. The fourth-order valence-electron chi connectivity index (χ4n) is 4.75. The summed E-state index contributed by atoms with van der Waals surface area (Å²) in [6.45, 7) is 4.15. The second kappa shape index (κ2) is 9.28. The van der Waals surface area contributed by atoms with Crippen LogP contribution >= 0.6 is 0 Å². The highest BCUT2D eigenvalue weighted by atomic mass is 16.2. The Morgan fingerprint density at radius 1 is 1.13 bits per heavy atom. The van der Waals surface area contributed by atoms with Gasteiger partial charge in [0.25, 0.3) is 5.91 Å². The van der Waals surface area contributed by atoms with Crippen molar-refractivity contribution in [2.75, 3.05) is 32.7 Å². The maximum atomic E-state index is 12.7. The number of fused-ring (bicyclic) bond motifs is 5. The number of hydrogen-bond donors (Lipinski definition) is 3. The SMILES string of the molecule is CCNC(=NCCNC(=O)c1cccnc1)NCCN1C(=O)C2C3C=CC(C3)C2C1=O. The Kier molecular flexibility index (Phi) is 6.29. The van der Waals surface area contributed by atoms with Gasteiger partial charge in [0.2, 0.25) is 11.8 Å². The Morgan fingerprint density at radius 3 is 2.52 bits per heavy atom. The maximum absolute atomic E-state index is 12.7. The molecule has 0 radical (unpaired) electrons. The van der Waals surface area contributed by atoms with Crippen molar-refractivity contribution in [1.29, 1.82) is 0 Å². The van der Waals surface area contributed by atoms with Crippen LogP contribution in [0.4, 0.5) is 0 Å². The Hall–Kier alpha value is -3.23. The van der Waals surface area contributed by atoms with Crippen LogP contribution in [-0.4, -0.2) is 66.3 Å². The molecule has 1 saturated heterocycles. The van der Waals surface area contributed by atoms with Crippen molar-refractivity contribution in [3.8, 4) is 0 Å². The largest absolute Gasteiger partial charge is 0.357 e. The van der Waals surface area contributed by atoms with Gasteiger partial charge in [0.1, 0.15) is 0 Å². The van der Waals surface area contributed by atoms with Crippen LogP contribution in [0.15, 0.2) is 41.7 Å². The quantitative estimate of drug-likeness (QED) is 0.180. The van der Waals surface area contributed by atoms with E-state index in [0.29, 0.717) is 44.2 Å². The number of pyridine rings is 1. The first-order chi connectivity index (χ1) is 15.1. The lowest BCUT2D eigenvalue weighted by atomic mass is 9.85. The molecule has 31 heavy (non-hydrogen) atoms. The second-order valence-electron chi connectivity index (χ2n) is 8.01. The van der Waals surface area contributed by atoms with E-state index in [1.165, 1.54) is 11.1 Å². The van der Waals surface area contributed by atoms with Gasteiger partial charge in [0.15, 0.2) is 5.96 Å². The molecule has 2 heterocycles. The van der Waals surface area contributed by atoms with Crippen molar-refractivity contribution in [2.24, 2.45) is 28.7 Å². The zero-order chi connectivity index (χ0) is 21.8. The molecule has 0 aromatic carbocycles. The summed E-state index contributed by atoms with van der Waals surface area (Å²) in [6, 6.07) is 3.42. The molecule has 164 valence electrons. The van der Waals surface area contributed by atoms with Crippen molar-refractivity contribution < 1.29 is 14.4 Å². The number of hydrogen-bond acceptors (Lipinski definition) is 5. The summed E-state index contributed by atoms with van der Waals surface area (Å²) in [5, 5.41) is 9.10. The Morgan fingerprint density at radius 2 is 1.87 bits per heavy atom. The van der Waals surface area contributed by atoms with E-state index in [4.69, 9.17) is 0 Å². The van der Waals surface area contributed by atoms with Gasteiger partial charge in [0, 0.05) is 38.6 Å². The van der Waals surface area contributed by atoms with E-state index < -0.39 is 0 Å². The van der Waals surface area contributed by atoms with E-state index in [1.807, 2.05) is 6.92 Å². The molecule has 2 bridgehead atoms. The molecule has 3 amide bonds. The summed E-state index contributed by atoms with van der Waals surface area (Å²) in [5.74, 6) is 0.457. The van der Waals surface area contributed by atoms with Gasteiger partial charge in [-0.1, -0.05) is 12.2 Å². The first kappa shape index (κ1) is 21.0. The zero-order valence-corrected chi connectivity index (χ0v) is 17.6. The number of allylic oxidation sites excluding steroid dienone is 2. The Balaban J connectivity index is 1.23. The molecule has 0 spiro atoms. The van der Waals surface area contributed by atoms with Gasteiger partial charge < -0.3 is 16.0 Å². The molecule has 1 saturated carbocycles. The predicted octanol–water partition coefficient (Wildman–Crippen LogP) is 0.174. The van der Waals surface area contributed by atoms with Crippen LogP contribution in [0.3, 0.4) is 0 Å². The number of aromatic nitrogens is 1. The smallest absolute Gasteiger partial charge is 0.252 e. The van der Waals surface area contributed by atoms with Crippen LogP contribution in [0.2, 0.25) is 0 Å². The van der Waals surface area contributed by atoms with E-state index >= 15 is 0 Å². The minimum atomic E-state index is -0.193. The van der Waals surface area contributed by atoms with Gasteiger partial charge in [0.05, 0.1) is 23.9 Å². The molecule has 1 aromatic rings. The molecule has 3 aliphatic rings. The molecule has 3 N–H and O–H groups in total. The van der Waals surface area contributed by atoms with Crippen molar-refractivity contribution in [2.45, 2.75) is 13.3 Å². The number of nitrogens with zero attached hydrogens (tertiary/aromatic N) is 3. The maximum Gasteiger partial charge on any atom is 0.252 e. The summed E-state index contributed by atoms with van der Waals surface area (Å²) in [4.78, 5) is 47.3. The molecule has 4 rings (SSSR count). The molecular formula is C22H28N6O3. The number of carbonyl (C=O) groups excluding carboxylic acids is 3. The van der Waals surface area contributed by atoms with E-state index in [1.54, 1.807) is 18.3 Å². The molecule has 9 nitrogen and oxygen atoms in total. The van der Waals surface area contributed by atoms with Crippen molar-refractivity contribution in [3.05, 3.63) is 42.2 Å². The van der Waals surface area contributed by atoms with Gasteiger partial charge in [-0.3, -0.25) is 29.3 Å². The predicted molar refractivity (Wildman–Crippen MR) is 115 cm³/mol. The summed E-state index contributed by atoms with van der Waals surface area (Å²) in [5.41, 5.74) is 0.505. The van der Waals surface area contributed by atoms with Gasteiger partial charge in [-0.15, -0.1) is 0 Å². The number of carbonyl (C=O) groups is 3. The van der Waals surface area contributed by atoms with Crippen molar-refractivity contribution in [1.82, 2.24) is 25.8 Å². The van der Waals surface area contributed by atoms with Crippen LogP contribution in [0.5, 0.6) is 0 Å². The topological polar surface area (TPSA) is 116 Å². The number of amides is 3. The fourth-order valence-corrected chi connectivity index (χ4v) is 4.75. The molecule has 1 aliphatic heterocycles. The summed E-state index contributed by atoms with van der Waals surface area (Å²) in [7, 11) is 0. The number of imide groups is 1. The van der Waals surface area contributed by atoms with E-state index in [9.17, 15) is 14.4 Å². The third-order valence-corrected chi connectivity index (χ3v) is 6.12. The molecule has 9 heteroatoms. The number of nitrogens with one attached hydrogen (secondary N) is 3.